The van der Waals surface area contributed by atoms with Crippen molar-refractivity contribution in [3.05, 3.63) is 28.9 Å². The van der Waals surface area contributed by atoms with Crippen LogP contribution in [0, 0.1) is 0 Å². The van der Waals surface area contributed by atoms with Crippen molar-refractivity contribution in [3.8, 4) is 5.75 Å². The first-order valence-corrected chi connectivity index (χ1v) is 5.00. The second-order valence-electron chi connectivity index (χ2n) is 3.39. The minimum absolute atomic E-state index is 0.109. The molecule has 0 unspecified atom stereocenters. The third kappa shape index (κ3) is 1.34. The maximum absolute atomic E-state index is 11.1. The molecule has 0 aliphatic heterocycles. The molecule has 0 bridgehead atoms. The number of para-hydroxylation sites is 1. The summed E-state index contributed by atoms with van der Waals surface area (Å²) in [5.41, 5.74) is 0.797. The zero-order valence-electron chi connectivity index (χ0n) is 8.82. The number of aromatic carboxylic acids is 1. The maximum atomic E-state index is 11.1. The van der Waals surface area contributed by atoms with Crippen molar-refractivity contribution in [3.63, 3.8) is 0 Å². The summed E-state index contributed by atoms with van der Waals surface area (Å²) < 4.78 is 6.79. The van der Waals surface area contributed by atoms with E-state index in [2.05, 4.69) is 0 Å². The van der Waals surface area contributed by atoms with Crippen LogP contribution in [0.25, 0.3) is 10.9 Å². The van der Waals surface area contributed by atoms with E-state index in [1.54, 1.807) is 29.8 Å². The number of carboxylic acid groups (broad SMARTS) is 1. The summed E-state index contributed by atoms with van der Waals surface area (Å²) in [6, 6.07) is 5.22. The summed E-state index contributed by atoms with van der Waals surface area (Å²) >= 11 is 5.99. The van der Waals surface area contributed by atoms with Crippen LogP contribution in [0.3, 0.4) is 0 Å². The van der Waals surface area contributed by atoms with Gasteiger partial charge in [-0.15, -0.1) is 0 Å². The third-order valence-electron chi connectivity index (χ3n) is 2.54. The lowest BCUT2D eigenvalue weighted by molar-refractivity contribution is 0.0699. The van der Waals surface area contributed by atoms with E-state index < -0.39 is 5.97 Å². The van der Waals surface area contributed by atoms with Gasteiger partial charge >= 0.3 is 5.97 Å². The minimum Gasteiger partial charge on any atom is -0.495 e. The molecule has 1 aromatic heterocycles. The monoisotopic (exact) mass is 239 g/mol. The number of hydrogen-bond acceptors (Lipinski definition) is 2. The normalized spacial score (nSPS) is 10.7. The number of fused-ring (bicyclic) bond motifs is 1. The van der Waals surface area contributed by atoms with Gasteiger partial charge in [-0.25, -0.2) is 4.79 Å². The Labute approximate surface area is 97.0 Å². The lowest BCUT2D eigenvalue weighted by Gasteiger charge is -2.03. The van der Waals surface area contributed by atoms with E-state index in [-0.39, 0.29) is 10.7 Å². The Hall–Kier alpha value is -1.68. The smallest absolute Gasteiger partial charge is 0.339 e. The molecule has 0 saturated heterocycles. The highest BCUT2D eigenvalue weighted by Gasteiger charge is 2.21. The van der Waals surface area contributed by atoms with E-state index in [0.29, 0.717) is 16.7 Å². The quantitative estimate of drug-likeness (QED) is 0.876. The first-order chi connectivity index (χ1) is 7.57. The Bertz CT molecular complexity index is 574. The maximum Gasteiger partial charge on any atom is 0.339 e. The predicted molar refractivity (Wildman–Crippen MR) is 61.4 cm³/mol. The highest BCUT2D eigenvalue weighted by Crippen LogP contribution is 2.34. The van der Waals surface area contributed by atoms with E-state index >= 15 is 0 Å². The van der Waals surface area contributed by atoms with Gasteiger partial charge < -0.3 is 14.4 Å². The lowest BCUT2D eigenvalue weighted by atomic mass is 10.1. The number of halogens is 1. The first-order valence-electron chi connectivity index (χ1n) is 4.62. The molecule has 0 aliphatic carbocycles. The zero-order chi connectivity index (χ0) is 11.9. The van der Waals surface area contributed by atoms with Crippen LogP contribution in [0.5, 0.6) is 5.75 Å². The third-order valence-corrected chi connectivity index (χ3v) is 2.98. The molecule has 4 nitrogen and oxygen atoms in total. The SMILES string of the molecule is COc1cccc2c(C(=O)O)c(Cl)n(C)c12. The number of nitrogens with zero attached hydrogens (tertiary/aromatic N) is 1. The van der Waals surface area contributed by atoms with Gasteiger partial charge in [0, 0.05) is 12.4 Å². The molecule has 0 aliphatic rings. The summed E-state index contributed by atoms with van der Waals surface area (Å²) in [7, 11) is 3.25. The Kier molecular flexibility index (Phi) is 2.52. The number of rotatable bonds is 2. The van der Waals surface area contributed by atoms with Crippen LogP contribution in [0.1, 0.15) is 10.4 Å². The lowest BCUT2D eigenvalue weighted by Crippen LogP contribution is -1.96. The summed E-state index contributed by atoms with van der Waals surface area (Å²) in [6.07, 6.45) is 0. The molecule has 2 rings (SSSR count). The van der Waals surface area contributed by atoms with Crippen LogP contribution in [-0.2, 0) is 7.05 Å². The van der Waals surface area contributed by atoms with E-state index in [1.807, 2.05) is 0 Å². The zero-order valence-corrected chi connectivity index (χ0v) is 9.58. The molecule has 1 aromatic carbocycles. The van der Waals surface area contributed by atoms with Crippen LogP contribution in [0.2, 0.25) is 5.15 Å². The van der Waals surface area contributed by atoms with Crippen LogP contribution in [0.15, 0.2) is 18.2 Å². The number of methoxy groups -OCH3 is 1. The number of hydrogen-bond donors (Lipinski definition) is 1. The largest absolute Gasteiger partial charge is 0.495 e. The molecule has 0 atom stereocenters. The van der Waals surface area contributed by atoms with Crippen LogP contribution < -0.4 is 4.74 Å². The van der Waals surface area contributed by atoms with Gasteiger partial charge in [0.15, 0.2) is 0 Å². The molecule has 0 saturated carbocycles. The van der Waals surface area contributed by atoms with Crippen molar-refractivity contribution in [1.82, 2.24) is 4.57 Å². The Balaban J connectivity index is 2.95. The van der Waals surface area contributed by atoms with Gasteiger partial charge in [0.2, 0.25) is 0 Å². The number of carboxylic acids is 1. The molecule has 1 N–H and O–H groups in total. The molecule has 0 amide bonds. The first kappa shape index (κ1) is 10.8. The summed E-state index contributed by atoms with van der Waals surface area (Å²) in [5.74, 6) is -0.432. The summed E-state index contributed by atoms with van der Waals surface area (Å²) in [5, 5.41) is 9.89. The van der Waals surface area contributed by atoms with Gasteiger partial charge in [-0.3, -0.25) is 0 Å². The Morgan fingerprint density at radius 3 is 2.75 bits per heavy atom. The van der Waals surface area contributed by atoms with Gasteiger partial charge in [-0.2, -0.15) is 0 Å². The highest BCUT2D eigenvalue weighted by molar-refractivity contribution is 6.35. The molecule has 84 valence electrons. The Morgan fingerprint density at radius 1 is 1.50 bits per heavy atom. The number of aryl methyl sites for hydroxylation is 1. The standard InChI is InChI=1S/C11H10ClNO3/c1-13-9-6(4-3-5-7(9)16-2)8(10(13)12)11(14)15/h3-5H,1-2H3,(H,14,15). The summed E-state index contributed by atoms with van der Waals surface area (Å²) in [4.78, 5) is 11.1. The molecule has 0 spiro atoms. The van der Waals surface area contributed by atoms with Crippen molar-refractivity contribution in [2.45, 2.75) is 0 Å². The van der Waals surface area contributed by atoms with Gasteiger partial charge in [-0.1, -0.05) is 23.7 Å². The fourth-order valence-electron chi connectivity index (χ4n) is 1.82. The molecule has 1 heterocycles. The highest BCUT2D eigenvalue weighted by atomic mass is 35.5. The van der Waals surface area contributed by atoms with Gasteiger partial charge in [0.25, 0.3) is 0 Å². The van der Waals surface area contributed by atoms with Crippen molar-refractivity contribution < 1.29 is 14.6 Å². The van der Waals surface area contributed by atoms with E-state index in [1.165, 1.54) is 7.11 Å². The van der Waals surface area contributed by atoms with Crippen LogP contribution >= 0.6 is 11.6 Å². The van der Waals surface area contributed by atoms with Crippen molar-refractivity contribution in [2.24, 2.45) is 7.05 Å². The topological polar surface area (TPSA) is 51.5 Å². The average Bonchev–Trinajstić information content (AvgIpc) is 2.51. The molecule has 2 aromatic rings. The molecule has 16 heavy (non-hydrogen) atoms. The second kappa shape index (κ2) is 3.72. The minimum atomic E-state index is -1.04. The van der Waals surface area contributed by atoms with Crippen LogP contribution in [0.4, 0.5) is 0 Å². The van der Waals surface area contributed by atoms with E-state index in [0.717, 1.165) is 0 Å². The fraction of sp³-hybridized carbons (Fsp3) is 0.182. The molecular weight excluding hydrogens is 230 g/mol. The molecular formula is C11H10ClNO3. The number of carbonyl (C=O) groups is 1. The molecule has 5 heteroatoms. The molecule has 0 fully saturated rings. The van der Waals surface area contributed by atoms with E-state index in [9.17, 15) is 4.79 Å². The Morgan fingerprint density at radius 2 is 2.19 bits per heavy atom. The fourth-order valence-corrected chi connectivity index (χ4v) is 2.08. The second-order valence-corrected chi connectivity index (χ2v) is 3.74. The van der Waals surface area contributed by atoms with Gasteiger partial charge in [-0.05, 0) is 6.07 Å². The van der Waals surface area contributed by atoms with Gasteiger partial charge in [0.05, 0.1) is 12.6 Å². The number of benzene rings is 1. The van der Waals surface area contributed by atoms with E-state index in [4.69, 9.17) is 21.4 Å². The van der Waals surface area contributed by atoms with Crippen molar-refractivity contribution in [2.75, 3.05) is 7.11 Å². The van der Waals surface area contributed by atoms with Crippen molar-refractivity contribution in [1.29, 1.82) is 0 Å². The number of ether oxygens (including phenoxy) is 1. The average molecular weight is 240 g/mol. The van der Waals surface area contributed by atoms with Crippen molar-refractivity contribution >= 4 is 28.5 Å². The van der Waals surface area contributed by atoms with Crippen LogP contribution in [-0.4, -0.2) is 22.8 Å². The predicted octanol–water partition coefficient (Wildman–Crippen LogP) is 2.54. The summed E-state index contributed by atoms with van der Waals surface area (Å²) in [6.45, 7) is 0. The number of aromatic nitrogens is 1. The molecule has 0 radical (unpaired) electrons. The van der Waals surface area contributed by atoms with Gasteiger partial charge in [0.1, 0.15) is 16.5 Å².